The molecule has 1 saturated heterocycles. The summed E-state index contributed by atoms with van der Waals surface area (Å²) in [6.07, 6.45) is 1.43. The quantitative estimate of drug-likeness (QED) is 0.698. The Morgan fingerprint density at radius 3 is 2.30 bits per heavy atom. The highest BCUT2D eigenvalue weighted by Crippen LogP contribution is 2.18. The first-order valence-corrected chi connectivity index (χ1v) is 10.9. The minimum Gasteiger partial charge on any atom is -0.378 e. The van der Waals surface area contributed by atoms with Gasteiger partial charge in [0.15, 0.2) is 0 Å². The maximum atomic E-state index is 13.2. The zero-order valence-corrected chi connectivity index (χ0v) is 18.3. The summed E-state index contributed by atoms with van der Waals surface area (Å²) < 4.78 is 13.2. The molecule has 0 radical (unpaired) electrons. The minimum absolute atomic E-state index is 0.122. The Bertz CT molecular complexity index is 799. The first-order chi connectivity index (χ1) is 14.5. The van der Waals surface area contributed by atoms with E-state index in [0.717, 1.165) is 38.3 Å². The fourth-order valence-electron chi connectivity index (χ4n) is 4.09. The molecule has 2 aromatic carbocycles. The third kappa shape index (κ3) is 5.72. The molecule has 2 N–H and O–H groups in total. The van der Waals surface area contributed by atoms with Crippen LogP contribution >= 0.6 is 0 Å². The molecular formula is C24H34FN4O+. The summed E-state index contributed by atoms with van der Waals surface area (Å²) in [4.78, 5) is 18.0. The van der Waals surface area contributed by atoms with Crippen molar-refractivity contribution in [2.45, 2.75) is 25.8 Å². The van der Waals surface area contributed by atoms with Crippen LogP contribution in [0.5, 0.6) is 0 Å². The average molecular weight is 414 g/mol. The van der Waals surface area contributed by atoms with E-state index in [1.165, 1.54) is 28.3 Å². The lowest BCUT2D eigenvalue weighted by atomic mass is 10.0. The molecule has 0 bridgehead atoms. The number of piperazine rings is 1. The Hall–Kier alpha value is -2.60. The van der Waals surface area contributed by atoms with Crippen molar-refractivity contribution in [3.63, 3.8) is 0 Å². The van der Waals surface area contributed by atoms with Gasteiger partial charge in [0.05, 0.1) is 32.7 Å². The summed E-state index contributed by atoms with van der Waals surface area (Å²) in [5, 5.41) is 3.14. The third-order valence-corrected chi connectivity index (χ3v) is 5.88. The van der Waals surface area contributed by atoms with Crippen LogP contribution in [0.1, 0.15) is 31.4 Å². The number of rotatable bonds is 8. The van der Waals surface area contributed by atoms with Crippen LogP contribution in [0, 0.1) is 5.82 Å². The summed E-state index contributed by atoms with van der Waals surface area (Å²) in [5.74, 6) is -0.0798. The van der Waals surface area contributed by atoms with E-state index in [9.17, 15) is 9.18 Å². The highest BCUT2D eigenvalue weighted by Gasteiger charge is 2.29. The number of amides is 1. The number of hydrogen-bond acceptors (Lipinski definition) is 3. The van der Waals surface area contributed by atoms with Crippen LogP contribution < -0.4 is 20.0 Å². The van der Waals surface area contributed by atoms with Crippen LogP contribution in [0.4, 0.5) is 15.8 Å². The van der Waals surface area contributed by atoms with Gasteiger partial charge in [-0.15, -0.1) is 0 Å². The molecule has 1 atom stereocenters. The molecule has 30 heavy (non-hydrogen) atoms. The van der Waals surface area contributed by atoms with Gasteiger partial charge in [0.25, 0.3) is 0 Å². The first kappa shape index (κ1) is 22.1. The van der Waals surface area contributed by atoms with Gasteiger partial charge >= 0.3 is 0 Å². The number of halogens is 1. The van der Waals surface area contributed by atoms with Crippen molar-refractivity contribution in [3.8, 4) is 0 Å². The summed E-state index contributed by atoms with van der Waals surface area (Å²) in [6, 6.07) is 15.6. The number of anilines is 2. The fraction of sp³-hybridized carbons (Fsp3) is 0.458. The summed E-state index contributed by atoms with van der Waals surface area (Å²) >= 11 is 0. The molecule has 0 aliphatic carbocycles. The molecule has 1 amide bonds. The van der Waals surface area contributed by atoms with Crippen molar-refractivity contribution < 1.29 is 14.1 Å². The number of nitrogens with zero attached hydrogens (tertiary/aromatic N) is 2. The van der Waals surface area contributed by atoms with Crippen molar-refractivity contribution in [3.05, 3.63) is 59.9 Å². The van der Waals surface area contributed by atoms with Crippen LogP contribution in [-0.4, -0.2) is 52.7 Å². The molecule has 162 valence electrons. The monoisotopic (exact) mass is 413 g/mol. The van der Waals surface area contributed by atoms with Crippen molar-refractivity contribution in [2.24, 2.45) is 0 Å². The van der Waals surface area contributed by atoms with Crippen LogP contribution in [0.25, 0.3) is 0 Å². The zero-order chi connectivity index (χ0) is 21.5. The van der Waals surface area contributed by atoms with Gasteiger partial charge in [0, 0.05) is 37.5 Å². The molecule has 0 aromatic heterocycles. The van der Waals surface area contributed by atoms with Gasteiger partial charge in [-0.05, 0) is 42.8 Å². The number of carbonyl (C=O) groups is 1. The highest BCUT2D eigenvalue weighted by molar-refractivity contribution is 5.75. The summed E-state index contributed by atoms with van der Waals surface area (Å²) in [7, 11) is 4.08. The van der Waals surface area contributed by atoms with Crippen molar-refractivity contribution in [2.75, 3.05) is 56.6 Å². The van der Waals surface area contributed by atoms with Crippen molar-refractivity contribution in [1.82, 2.24) is 5.32 Å². The van der Waals surface area contributed by atoms with E-state index in [0.29, 0.717) is 13.0 Å². The number of carbonyl (C=O) groups excluding carboxylic acids is 1. The summed E-state index contributed by atoms with van der Waals surface area (Å²) in [5.41, 5.74) is 3.49. The van der Waals surface area contributed by atoms with E-state index in [4.69, 9.17) is 0 Å². The predicted octanol–water partition coefficient (Wildman–Crippen LogP) is 2.25. The molecule has 0 saturated carbocycles. The topological polar surface area (TPSA) is 40.0 Å². The summed E-state index contributed by atoms with van der Waals surface area (Å²) in [6.45, 7) is 6.44. The SMILES string of the molecule is CCCC(=O)NC[C@@H](c1ccc(N(C)C)cc1)[NH+]1CCN(c2ccc(F)cc2)CC1. The highest BCUT2D eigenvalue weighted by atomic mass is 19.1. The van der Waals surface area contributed by atoms with Crippen molar-refractivity contribution >= 4 is 17.3 Å². The van der Waals surface area contributed by atoms with Crippen LogP contribution in [0.15, 0.2) is 48.5 Å². The second kappa shape index (κ2) is 10.4. The Kier molecular flexibility index (Phi) is 7.69. The molecular weight excluding hydrogens is 379 g/mol. The third-order valence-electron chi connectivity index (χ3n) is 5.88. The second-order valence-electron chi connectivity index (χ2n) is 8.21. The lowest BCUT2D eigenvalue weighted by molar-refractivity contribution is -0.931. The van der Waals surface area contributed by atoms with E-state index in [-0.39, 0.29) is 17.8 Å². The minimum atomic E-state index is -0.202. The van der Waals surface area contributed by atoms with E-state index >= 15 is 0 Å². The largest absolute Gasteiger partial charge is 0.378 e. The van der Waals surface area contributed by atoms with Crippen LogP contribution in [0.2, 0.25) is 0 Å². The molecule has 1 aliphatic rings. The lowest BCUT2D eigenvalue weighted by Crippen LogP contribution is -3.15. The maximum absolute atomic E-state index is 13.2. The molecule has 5 nitrogen and oxygen atoms in total. The van der Waals surface area contributed by atoms with Gasteiger partial charge in [0.1, 0.15) is 11.9 Å². The maximum Gasteiger partial charge on any atom is 0.220 e. The molecule has 1 heterocycles. The molecule has 0 spiro atoms. The average Bonchev–Trinajstić information content (AvgIpc) is 2.75. The number of quaternary nitrogens is 1. The first-order valence-electron chi connectivity index (χ1n) is 10.9. The van der Waals surface area contributed by atoms with E-state index < -0.39 is 0 Å². The van der Waals surface area contributed by atoms with E-state index in [1.807, 2.05) is 33.2 Å². The normalized spacial score (nSPS) is 15.7. The predicted molar refractivity (Wildman–Crippen MR) is 121 cm³/mol. The molecule has 6 heteroatoms. The van der Waals surface area contributed by atoms with Crippen LogP contribution in [-0.2, 0) is 4.79 Å². The standard InChI is InChI=1S/C24H33FN4O/c1-4-5-24(30)26-18-23(19-6-10-21(11-7-19)27(2)3)29-16-14-28(15-17-29)22-12-8-20(25)9-13-22/h6-13,23H,4-5,14-18H2,1-3H3,(H,26,30)/p+1/t23-/m0/s1. The lowest BCUT2D eigenvalue weighted by Gasteiger charge is -2.38. The van der Waals surface area contributed by atoms with Gasteiger partial charge < -0.3 is 20.0 Å². The Labute approximate surface area is 179 Å². The molecule has 2 aromatic rings. The van der Waals surface area contributed by atoms with Gasteiger partial charge in [-0.3, -0.25) is 4.79 Å². The van der Waals surface area contributed by atoms with Gasteiger partial charge in [-0.25, -0.2) is 4.39 Å². The van der Waals surface area contributed by atoms with E-state index in [2.05, 4.69) is 39.4 Å². The fourth-order valence-corrected chi connectivity index (χ4v) is 4.09. The van der Waals surface area contributed by atoms with Gasteiger partial charge in [0.2, 0.25) is 5.91 Å². The molecule has 1 fully saturated rings. The Balaban J connectivity index is 1.70. The smallest absolute Gasteiger partial charge is 0.220 e. The van der Waals surface area contributed by atoms with Gasteiger partial charge in [-0.2, -0.15) is 0 Å². The molecule has 0 unspecified atom stereocenters. The molecule has 3 rings (SSSR count). The van der Waals surface area contributed by atoms with Crippen LogP contribution in [0.3, 0.4) is 0 Å². The number of benzene rings is 2. The van der Waals surface area contributed by atoms with Gasteiger partial charge in [-0.1, -0.05) is 19.1 Å². The Morgan fingerprint density at radius 2 is 1.73 bits per heavy atom. The molecule has 1 aliphatic heterocycles. The number of nitrogens with one attached hydrogen (secondary N) is 2. The van der Waals surface area contributed by atoms with E-state index in [1.54, 1.807) is 0 Å². The Morgan fingerprint density at radius 1 is 1.10 bits per heavy atom. The second-order valence-corrected chi connectivity index (χ2v) is 8.21. The zero-order valence-electron chi connectivity index (χ0n) is 18.3. The number of hydrogen-bond donors (Lipinski definition) is 2. The van der Waals surface area contributed by atoms with Crippen molar-refractivity contribution in [1.29, 1.82) is 0 Å².